The largest absolute Gasteiger partial charge is 0.462 e. The van der Waals surface area contributed by atoms with Gasteiger partial charge in [-0.2, -0.15) is 0 Å². The number of unbranched alkanes of at least 4 members (excludes halogenated alkanes) is 26. The van der Waals surface area contributed by atoms with Crippen molar-refractivity contribution in [2.75, 3.05) is 13.2 Å². The molecule has 0 spiro atoms. The molecule has 470 valence electrons. The second-order valence-electron chi connectivity index (χ2n) is 22.3. The smallest absolute Gasteiger partial charge is 0.306 e. The minimum absolute atomic E-state index is 0.0973. The molecule has 0 aromatic carbocycles. The standard InChI is InChI=1S/C77H126O6/c1-4-7-10-13-16-19-22-25-27-29-31-33-34-35-36-37-38-39-40-41-42-44-45-47-49-52-55-58-61-64-67-70-76(79)82-73-74(72-81-75(78)69-66-63-60-57-54-51-24-21-18-15-12-9-6-3)83-77(80)71-68-65-62-59-56-53-50-48-46-43-32-30-28-26-23-20-17-14-11-8-5-2/h7-8,10-11,16-17,19-20,25-28,31-33,35-36,38-39,43,48,50,56,59,74H,4-6,9,12-15,18,21-24,29-30,34,37,40-42,44-47,49,51-55,57-58,60-73H2,1-3H3/b10-7-,11-8-,19-16-,20-17-,27-25-,28-26-,33-31-,36-35-,39-38-,43-32-,50-48-,59-56-. The van der Waals surface area contributed by atoms with E-state index in [1.165, 1.54) is 128 Å². The van der Waals surface area contributed by atoms with Crippen LogP contribution in [0.2, 0.25) is 0 Å². The highest BCUT2D eigenvalue weighted by Crippen LogP contribution is 2.16. The number of hydrogen-bond acceptors (Lipinski definition) is 6. The van der Waals surface area contributed by atoms with Crippen LogP contribution in [-0.2, 0) is 28.6 Å². The molecular weight excluding hydrogens is 1020 g/mol. The third kappa shape index (κ3) is 68.0. The van der Waals surface area contributed by atoms with Crippen molar-refractivity contribution in [2.45, 2.75) is 309 Å². The maximum absolute atomic E-state index is 12.9. The molecule has 0 aliphatic rings. The van der Waals surface area contributed by atoms with Crippen LogP contribution in [0.4, 0.5) is 0 Å². The van der Waals surface area contributed by atoms with E-state index in [1.807, 2.05) is 0 Å². The summed E-state index contributed by atoms with van der Waals surface area (Å²) < 4.78 is 16.9. The molecule has 0 rings (SSSR count). The van der Waals surface area contributed by atoms with Crippen LogP contribution in [-0.4, -0.2) is 37.2 Å². The van der Waals surface area contributed by atoms with E-state index in [9.17, 15) is 14.4 Å². The van der Waals surface area contributed by atoms with Crippen LogP contribution in [0, 0.1) is 0 Å². The lowest BCUT2D eigenvalue weighted by molar-refractivity contribution is -0.167. The summed E-state index contributed by atoms with van der Waals surface area (Å²) in [5, 5.41) is 0. The fourth-order valence-corrected chi connectivity index (χ4v) is 9.27. The summed E-state index contributed by atoms with van der Waals surface area (Å²) >= 11 is 0. The van der Waals surface area contributed by atoms with Crippen molar-refractivity contribution in [3.05, 3.63) is 146 Å². The van der Waals surface area contributed by atoms with Crippen molar-refractivity contribution in [3.8, 4) is 0 Å². The Morgan fingerprint density at radius 1 is 0.253 bits per heavy atom. The molecule has 0 aromatic heterocycles. The van der Waals surface area contributed by atoms with Gasteiger partial charge in [-0.05, 0) is 122 Å². The number of carbonyl (C=O) groups excluding carboxylic acids is 3. The van der Waals surface area contributed by atoms with Gasteiger partial charge in [0.05, 0.1) is 0 Å². The molecule has 0 N–H and O–H groups in total. The maximum atomic E-state index is 12.9. The first-order valence-corrected chi connectivity index (χ1v) is 34.3. The summed E-state index contributed by atoms with van der Waals surface area (Å²) in [4.78, 5) is 38.4. The number of hydrogen-bond donors (Lipinski definition) is 0. The summed E-state index contributed by atoms with van der Waals surface area (Å²) in [7, 11) is 0. The Balaban J connectivity index is 4.34. The van der Waals surface area contributed by atoms with Crippen molar-refractivity contribution in [3.63, 3.8) is 0 Å². The first kappa shape index (κ1) is 78.3. The summed E-state index contributed by atoms with van der Waals surface area (Å²) in [5.41, 5.74) is 0. The van der Waals surface area contributed by atoms with Crippen molar-refractivity contribution >= 4 is 17.9 Å². The molecule has 0 aromatic rings. The van der Waals surface area contributed by atoms with Gasteiger partial charge in [0.2, 0.25) is 0 Å². The molecule has 1 unspecified atom stereocenters. The third-order valence-corrected chi connectivity index (χ3v) is 14.3. The van der Waals surface area contributed by atoms with Crippen LogP contribution in [0.15, 0.2) is 146 Å². The van der Waals surface area contributed by atoms with Gasteiger partial charge in [0.25, 0.3) is 0 Å². The lowest BCUT2D eigenvalue weighted by Crippen LogP contribution is -2.30. The highest BCUT2D eigenvalue weighted by Gasteiger charge is 2.19. The number of ether oxygens (including phenoxy) is 3. The van der Waals surface area contributed by atoms with Crippen molar-refractivity contribution in [1.82, 2.24) is 0 Å². The first-order chi connectivity index (χ1) is 41.0. The van der Waals surface area contributed by atoms with Gasteiger partial charge >= 0.3 is 17.9 Å². The molecule has 0 aliphatic heterocycles. The molecule has 0 bridgehead atoms. The van der Waals surface area contributed by atoms with Gasteiger partial charge in [-0.15, -0.1) is 0 Å². The Hall–Kier alpha value is -4.71. The number of carbonyl (C=O) groups is 3. The molecule has 0 amide bonds. The molecule has 0 fully saturated rings. The average Bonchev–Trinajstić information content (AvgIpc) is 3.49. The Labute approximate surface area is 512 Å². The van der Waals surface area contributed by atoms with Crippen LogP contribution < -0.4 is 0 Å². The van der Waals surface area contributed by atoms with E-state index in [0.717, 1.165) is 128 Å². The monoisotopic (exact) mass is 1150 g/mol. The zero-order valence-electron chi connectivity index (χ0n) is 53.9. The second kappa shape index (κ2) is 69.8. The molecule has 1 atom stereocenters. The number of rotatable bonds is 61. The molecule has 0 heterocycles. The molecule has 0 aliphatic carbocycles. The maximum Gasteiger partial charge on any atom is 0.306 e. The van der Waals surface area contributed by atoms with Gasteiger partial charge in [0.15, 0.2) is 6.10 Å². The quantitative estimate of drug-likeness (QED) is 0.0261. The van der Waals surface area contributed by atoms with Gasteiger partial charge in [-0.3, -0.25) is 14.4 Å². The summed E-state index contributed by atoms with van der Waals surface area (Å²) in [6.45, 7) is 6.39. The Kier molecular flexibility index (Phi) is 65.8. The molecule has 6 nitrogen and oxygen atoms in total. The van der Waals surface area contributed by atoms with Gasteiger partial charge in [-0.25, -0.2) is 0 Å². The normalized spacial score (nSPS) is 13.0. The predicted molar refractivity (Wildman–Crippen MR) is 362 cm³/mol. The minimum Gasteiger partial charge on any atom is -0.462 e. The SMILES string of the molecule is CC/C=C\C/C=C\C/C=C\C/C=C\C/C=C\C/C=C\CCCCCCCCCCCCCCC(=O)OCC(COC(=O)CCCCCCCCCCCCCCC)OC(=O)CCCC/C=C\C/C=C\C/C=C\C/C=C\C/C=C\C/C=C\CC. The second-order valence-corrected chi connectivity index (χ2v) is 22.3. The zero-order chi connectivity index (χ0) is 59.9. The fourth-order valence-electron chi connectivity index (χ4n) is 9.27. The van der Waals surface area contributed by atoms with Crippen molar-refractivity contribution in [1.29, 1.82) is 0 Å². The predicted octanol–water partition coefficient (Wildman–Crippen LogP) is 23.9. The minimum atomic E-state index is -0.807. The molecule has 0 saturated heterocycles. The topological polar surface area (TPSA) is 78.9 Å². The number of esters is 3. The van der Waals surface area contributed by atoms with Crippen LogP contribution in [0.25, 0.3) is 0 Å². The highest BCUT2D eigenvalue weighted by molar-refractivity contribution is 5.71. The Bertz CT molecular complexity index is 1800. The van der Waals surface area contributed by atoms with Gasteiger partial charge in [-0.1, -0.05) is 308 Å². The van der Waals surface area contributed by atoms with E-state index < -0.39 is 6.10 Å². The van der Waals surface area contributed by atoms with Crippen molar-refractivity contribution in [2.24, 2.45) is 0 Å². The molecule has 83 heavy (non-hydrogen) atoms. The summed E-state index contributed by atoms with van der Waals surface area (Å²) in [6.07, 6.45) is 100. The molecule has 6 heteroatoms. The van der Waals surface area contributed by atoms with E-state index in [1.54, 1.807) is 0 Å². The average molecular weight is 1150 g/mol. The van der Waals surface area contributed by atoms with Gasteiger partial charge in [0, 0.05) is 19.3 Å². The van der Waals surface area contributed by atoms with E-state index in [0.29, 0.717) is 19.3 Å². The number of allylic oxidation sites excluding steroid dienone is 24. The Morgan fingerprint density at radius 3 is 0.759 bits per heavy atom. The zero-order valence-corrected chi connectivity index (χ0v) is 53.9. The highest BCUT2D eigenvalue weighted by atomic mass is 16.6. The van der Waals surface area contributed by atoms with E-state index >= 15 is 0 Å². The van der Waals surface area contributed by atoms with Crippen molar-refractivity contribution < 1.29 is 28.6 Å². The summed E-state index contributed by atoms with van der Waals surface area (Å²) in [5.74, 6) is -0.938. The molecular formula is C77H126O6. The van der Waals surface area contributed by atoms with Crippen LogP contribution in [0.3, 0.4) is 0 Å². The Morgan fingerprint density at radius 2 is 0.470 bits per heavy atom. The van der Waals surface area contributed by atoms with Crippen LogP contribution >= 0.6 is 0 Å². The fraction of sp³-hybridized carbons (Fsp3) is 0.649. The van der Waals surface area contributed by atoms with Crippen LogP contribution in [0.1, 0.15) is 303 Å². The van der Waals surface area contributed by atoms with Gasteiger partial charge < -0.3 is 14.2 Å². The molecule has 0 radical (unpaired) electrons. The lowest BCUT2D eigenvalue weighted by Gasteiger charge is -2.18. The summed E-state index contributed by atoms with van der Waals surface area (Å²) in [6, 6.07) is 0. The van der Waals surface area contributed by atoms with Crippen LogP contribution in [0.5, 0.6) is 0 Å². The third-order valence-electron chi connectivity index (χ3n) is 14.3. The van der Waals surface area contributed by atoms with Gasteiger partial charge in [0.1, 0.15) is 13.2 Å². The van der Waals surface area contributed by atoms with E-state index in [4.69, 9.17) is 14.2 Å². The lowest BCUT2D eigenvalue weighted by atomic mass is 10.0. The first-order valence-electron chi connectivity index (χ1n) is 34.3. The van der Waals surface area contributed by atoms with E-state index in [-0.39, 0.29) is 37.5 Å². The van der Waals surface area contributed by atoms with E-state index in [2.05, 4.69) is 167 Å². The molecule has 0 saturated carbocycles.